The number of nitrogens with zero attached hydrogens (tertiary/aromatic N) is 1. The van der Waals surface area contributed by atoms with Gasteiger partial charge in [0.25, 0.3) is 5.91 Å². The molecular weight excluding hydrogens is 290 g/mol. The van der Waals surface area contributed by atoms with Gasteiger partial charge in [-0.05, 0) is 50.0 Å². The maximum Gasteiger partial charge on any atom is 0.254 e. The van der Waals surface area contributed by atoms with Crippen LogP contribution in [0, 0.1) is 17.6 Å². The monoisotopic (exact) mass is 312 g/mol. The second-order valence-corrected chi connectivity index (χ2v) is 5.97. The summed E-state index contributed by atoms with van der Waals surface area (Å²) in [7, 11) is 0. The zero-order valence-electron chi connectivity index (χ0n) is 12.7. The van der Waals surface area contributed by atoms with Gasteiger partial charge >= 0.3 is 0 Å². The zero-order valence-corrected chi connectivity index (χ0v) is 12.7. The normalized spacial score (nSPS) is 18.2. The van der Waals surface area contributed by atoms with E-state index in [2.05, 4.69) is 17.1 Å². The Morgan fingerprint density at radius 3 is 2.77 bits per heavy atom. The molecule has 1 aliphatic heterocycles. The van der Waals surface area contributed by atoms with E-state index < -0.39 is 23.6 Å². The van der Waals surface area contributed by atoms with Crippen LogP contribution in [-0.4, -0.2) is 48.2 Å². The van der Waals surface area contributed by atoms with Gasteiger partial charge < -0.3 is 15.3 Å². The van der Waals surface area contributed by atoms with Crippen LogP contribution in [0.5, 0.6) is 0 Å². The number of halogens is 2. The fraction of sp³-hybridized carbons (Fsp3) is 0.562. The number of aliphatic hydroxyl groups excluding tert-OH is 1. The molecule has 122 valence electrons. The van der Waals surface area contributed by atoms with E-state index in [1.54, 1.807) is 0 Å². The molecule has 4 nitrogen and oxygen atoms in total. The standard InChI is InChI=1S/C16H22F2N2O2/c1-11-4-6-20(7-5-11)10-13(21)9-19-16(22)14-8-12(17)2-3-15(14)18/h2-3,8,11,13,21H,4-7,9-10H2,1H3,(H,19,22)/t13-/m0/s1. The molecular formula is C16H22F2N2O2. The number of aliphatic hydroxyl groups is 1. The highest BCUT2D eigenvalue weighted by atomic mass is 19.1. The minimum Gasteiger partial charge on any atom is -0.390 e. The molecule has 6 heteroatoms. The topological polar surface area (TPSA) is 52.6 Å². The van der Waals surface area contributed by atoms with Crippen molar-refractivity contribution in [2.24, 2.45) is 5.92 Å². The van der Waals surface area contributed by atoms with Gasteiger partial charge in [-0.2, -0.15) is 0 Å². The Morgan fingerprint density at radius 2 is 2.09 bits per heavy atom. The molecule has 2 N–H and O–H groups in total. The minimum atomic E-state index is -0.779. The van der Waals surface area contributed by atoms with Gasteiger partial charge in [0.15, 0.2) is 0 Å². The van der Waals surface area contributed by atoms with Crippen LogP contribution in [0.3, 0.4) is 0 Å². The molecule has 1 amide bonds. The summed E-state index contributed by atoms with van der Waals surface area (Å²) in [6.07, 6.45) is 1.48. The molecule has 0 radical (unpaired) electrons. The van der Waals surface area contributed by atoms with Crippen LogP contribution in [0.2, 0.25) is 0 Å². The first kappa shape index (κ1) is 16.8. The summed E-state index contributed by atoms with van der Waals surface area (Å²) < 4.78 is 26.5. The predicted octanol–water partition coefficient (Wildman–Crippen LogP) is 1.79. The van der Waals surface area contributed by atoms with Gasteiger partial charge in [-0.15, -0.1) is 0 Å². The molecule has 1 aliphatic rings. The molecule has 0 saturated carbocycles. The third-order valence-corrected chi connectivity index (χ3v) is 4.02. The first-order valence-corrected chi connectivity index (χ1v) is 7.59. The van der Waals surface area contributed by atoms with E-state index in [1.807, 2.05) is 0 Å². The van der Waals surface area contributed by atoms with Crippen molar-refractivity contribution in [3.63, 3.8) is 0 Å². The summed E-state index contributed by atoms with van der Waals surface area (Å²) in [5.41, 5.74) is -0.348. The number of hydrogen-bond donors (Lipinski definition) is 2. The lowest BCUT2D eigenvalue weighted by Gasteiger charge is -2.31. The molecule has 1 fully saturated rings. The van der Waals surface area contributed by atoms with Crippen molar-refractivity contribution in [3.05, 3.63) is 35.4 Å². The highest BCUT2D eigenvalue weighted by Gasteiger charge is 2.19. The summed E-state index contributed by atoms with van der Waals surface area (Å²) >= 11 is 0. The molecule has 1 atom stereocenters. The van der Waals surface area contributed by atoms with Crippen molar-refractivity contribution >= 4 is 5.91 Å². The second kappa shape index (κ2) is 7.65. The highest BCUT2D eigenvalue weighted by molar-refractivity contribution is 5.94. The lowest BCUT2D eigenvalue weighted by molar-refractivity contribution is 0.0793. The van der Waals surface area contributed by atoms with Crippen LogP contribution in [-0.2, 0) is 0 Å². The molecule has 1 saturated heterocycles. The van der Waals surface area contributed by atoms with Gasteiger partial charge in [0.1, 0.15) is 11.6 Å². The average molecular weight is 312 g/mol. The molecule has 1 heterocycles. The summed E-state index contributed by atoms with van der Waals surface area (Å²) in [6.45, 7) is 4.57. The van der Waals surface area contributed by atoms with Crippen LogP contribution in [0.15, 0.2) is 18.2 Å². The molecule has 0 aliphatic carbocycles. The van der Waals surface area contributed by atoms with Crippen LogP contribution >= 0.6 is 0 Å². The van der Waals surface area contributed by atoms with Crippen molar-refractivity contribution < 1.29 is 18.7 Å². The van der Waals surface area contributed by atoms with E-state index in [1.165, 1.54) is 0 Å². The Bertz CT molecular complexity index is 517. The Balaban J connectivity index is 1.79. The Hall–Kier alpha value is -1.53. The molecule has 2 rings (SSSR count). The molecule has 0 unspecified atom stereocenters. The van der Waals surface area contributed by atoms with Crippen molar-refractivity contribution in [1.29, 1.82) is 0 Å². The van der Waals surface area contributed by atoms with Gasteiger partial charge in [0.05, 0.1) is 11.7 Å². The van der Waals surface area contributed by atoms with E-state index in [-0.39, 0.29) is 12.1 Å². The fourth-order valence-corrected chi connectivity index (χ4v) is 2.58. The number of amides is 1. The molecule has 1 aromatic carbocycles. The lowest BCUT2D eigenvalue weighted by atomic mass is 9.99. The summed E-state index contributed by atoms with van der Waals surface area (Å²) in [5.74, 6) is -1.46. The smallest absolute Gasteiger partial charge is 0.254 e. The summed E-state index contributed by atoms with van der Waals surface area (Å²) in [5, 5.41) is 12.4. The highest BCUT2D eigenvalue weighted by Crippen LogP contribution is 2.16. The molecule has 1 aromatic rings. The average Bonchev–Trinajstić information content (AvgIpc) is 2.49. The predicted molar refractivity (Wildman–Crippen MR) is 79.5 cm³/mol. The van der Waals surface area contributed by atoms with E-state index in [0.29, 0.717) is 12.5 Å². The zero-order chi connectivity index (χ0) is 16.1. The third kappa shape index (κ3) is 4.74. The van der Waals surface area contributed by atoms with Crippen LogP contribution < -0.4 is 5.32 Å². The second-order valence-electron chi connectivity index (χ2n) is 5.97. The largest absolute Gasteiger partial charge is 0.390 e. The molecule has 0 aromatic heterocycles. The Labute approximate surface area is 129 Å². The first-order valence-electron chi connectivity index (χ1n) is 7.59. The number of carbonyl (C=O) groups excluding carboxylic acids is 1. The van der Waals surface area contributed by atoms with Crippen LogP contribution in [0.4, 0.5) is 8.78 Å². The van der Waals surface area contributed by atoms with Gasteiger partial charge in [-0.25, -0.2) is 8.78 Å². The van der Waals surface area contributed by atoms with E-state index in [9.17, 15) is 18.7 Å². The number of β-amino-alcohol motifs (C(OH)–C–C–N with tert-alkyl or cyclic N) is 1. The molecule has 0 bridgehead atoms. The summed E-state index contributed by atoms with van der Waals surface area (Å²) in [4.78, 5) is 14.0. The van der Waals surface area contributed by atoms with Crippen LogP contribution in [0.1, 0.15) is 30.1 Å². The SMILES string of the molecule is CC1CCN(C[C@@H](O)CNC(=O)c2cc(F)ccc2F)CC1. The number of likely N-dealkylation sites (tertiary alicyclic amines) is 1. The van der Waals surface area contributed by atoms with Crippen molar-refractivity contribution in [3.8, 4) is 0 Å². The number of piperidine rings is 1. The third-order valence-electron chi connectivity index (χ3n) is 4.02. The van der Waals surface area contributed by atoms with Crippen molar-refractivity contribution in [2.45, 2.75) is 25.9 Å². The van der Waals surface area contributed by atoms with Gasteiger partial charge in [-0.1, -0.05) is 6.92 Å². The fourth-order valence-electron chi connectivity index (χ4n) is 2.58. The number of rotatable bonds is 5. The maximum atomic E-state index is 13.5. The first-order chi connectivity index (χ1) is 10.5. The Morgan fingerprint density at radius 1 is 1.41 bits per heavy atom. The van der Waals surface area contributed by atoms with Crippen molar-refractivity contribution in [1.82, 2.24) is 10.2 Å². The van der Waals surface area contributed by atoms with Crippen LogP contribution in [0.25, 0.3) is 0 Å². The minimum absolute atomic E-state index is 0.0147. The molecule has 0 spiro atoms. The summed E-state index contributed by atoms with van der Waals surface area (Å²) in [6, 6.07) is 2.72. The Kier molecular flexibility index (Phi) is 5.85. The van der Waals surface area contributed by atoms with Gasteiger partial charge in [0.2, 0.25) is 0 Å². The van der Waals surface area contributed by atoms with E-state index >= 15 is 0 Å². The quantitative estimate of drug-likeness (QED) is 0.871. The number of nitrogens with one attached hydrogen (secondary N) is 1. The number of benzene rings is 1. The van der Waals surface area contributed by atoms with Gasteiger partial charge in [-0.3, -0.25) is 4.79 Å². The lowest BCUT2D eigenvalue weighted by Crippen LogP contribution is -2.43. The van der Waals surface area contributed by atoms with E-state index in [4.69, 9.17) is 0 Å². The number of hydrogen-bond acceptors (Lipinski definition) is 3. The van der Waals surface area contributed by atoms with Crippen molar-refractivity contribution in [2.75, 3.05) is 26.2 Å². The van der Waals surface area contributed by atoms with Gasteiger partial charge in [0, 0.05) is 13.1 Å². The maximum absolute atomic E-state index is 13.5. The van der Waals surface area contributed by atoms with E-state index in [0.717, 1.165) is 44.1 Å². The molecule has 22 heavy (non-hydrogen) atoms. The number of carbonyl (C=O) groups is 1.